The fourth-order valence-corrected chi connectivity index (χ4v) is 4.54. The lowest BCUT2D eigenvalue weighted by Gasteiger charge is -2.19. The number of carbonyl (C=O) groups is 2. The summed E-state index contributed by atoms with van der Waals surface area (Å²) in [5.74, 6) is -0.488. The second-order valence-corrected chi connectivity index (χ2v) is 9.81. The Kier molecular flexibility index (Phi) is 8.29. The van der Waals surface area contributed by atoms with Crippen molar-refractivity contribution < 1.29 is 23.8 Å². The molecule has 2 N–H and O–H groups in total. The number of nitrogens with zero attached hydrogens (tertiary/aromatic N) is 2. The van der Waals surface area contributed by atoms with E-state index in [9.17, 15) is 14.7 Å². The van der Waals surface area contributed by atoms with Crippen molar-refractivity contribution in [2.75, 3.05) is 30.4 Å². The summed E-state index contributed by atoms with van der Waals surface area (Å²) in [6, 6.07) is 28.9. The highest BCUT2D eigenvalue weighted by molar-refractivity contribution is 6.13. The van der Waals surface area contributed by atoms with Crippen LogP contribution in [0.25, 0.3) is 11.1 Å². The minimum absolute atomic E-state index is 0.154. The number of fused-ring (bicyclic) bond motifs is 1. The minimum Gasteiger partial charge on any atom is -0.492 e. The molecule has 8 nitrogen and oxygen atoms in total. The van der Waals surface area contributed by atoms with E-state index in [1.807, 2.05) is 85.6 Å². The van der Waals surface area contributed by atoms with Gasteiger partial charge < -0.3 is 24.5 Å². The number of ketones is 1. The number of anilines is 2. The Balaban J connectivity index is 1.19. The summed E-state index contributed by atoms with van der Waals surface area (Å²) in [5, 5.41) is 13.0. The van der Waals surface area contributed by atoms with Crippen molar-refractivity contribution in [1.29, 1.82) is 0 Å². The smallest absolute Gasteiger partial charge is 0.326 e. The van der Waals surface area contributed by atoms with Crippen molar-refractivity contribution in [2.45, 2.75) is 19.4 Å². The first kappa shape index (κ1) is 27.5. The quantitative estimate of drug-likeness (QED) is 0.183. The van der Waals surface area contributed by atoms with Crippen molar-refractivity contribution in [3.8, 4) is 5.75 Å². The van der Waals surface area contributed by atoms with Crippen LogP contribution in [0.2, 0.25) is 0 Å². The van der Waals surface area contributed by atoms with Crippen LogP contribution in [0, 0.1) is 6.92 Å². The molecule has 0 amide bonds. The van der Waals surface area contributed by atoms with E-state index in [2.05, 4.69) is 10.3 Å². The molecule has 208 valence electrons. The van der Waals surface area contributed by atoms with Gasteiger partial charge in [0, 0.05) is 30.3 Å². The van der Waals surface area contributed by atoms with Gasteiger partial charge in [-0.3, -0.25) is 4.79 Å². The number of hydrogen-bond acceptors (Lipinski definition) is 7. The molecule has 0 spiro atoms. The summed E-state index contributed by atoms with van der Waals surface area (Å²) < 4.78 is 11.7. The third kappa shape index (κ3) is 6.55. The maximum Gasteiger partial charge on any atom is 0.326 e. The summed E-state index contributed by atoms with van der Waals surface area (Å²) in [4.78, 5) is 31.8. The average Bonchev–Trinajstić information content (AvgIpc) is 3.42. The van der Waals surface area contributed by atoms with Crippen LogP contribution >= 0.6 is 0 Å². The standard InChI is InChI=1S/C33H31N3O5/c1-22-9-3-4-10-25(22)31(37)26-11-5-6-12-27(26)34-29(32(38)39)21-23-15-17-24(18-16-23)40-20-19-36(2)33-35-28-13-7-8-14-30(28)41-33/h3-18,29,34H,19-21H2,1-2H3,(H,38,39). The largest absolute Gasteiger partial charge is 0.492 e. The van der Waals surface area contributed by atoms with E-state index in [0.717, 1.165) is 22.2 Å². The van der Waals surface area contributed by atoms with Crippen molar-refractivity contribution in [3.05, 3.63) is 119 Å². The molecule has 41 heavy (non-hydrogen) atoms. The van der Waals surface area contributed by atoms with Crippen LogP contribution in [0.5, 0.6) is 5.75 Å². The molecular weight excluding hydrogens is 518 g/mol. The molecule has 0 aliphatic carbocycles. The monoisotopic (exact) mass is 549 g/mol. The number of para-hydroxylation sites is 3. The van der Waals surface area contributed by atoms with Gasteiger partial charge >= 0.3 is 5.97 Å². The Labute approximate surface area is 238 Å². The van der Waals surface area contributed by atoms with E-state index >= 15 is 0 Å². The van der Waals surface area contributed by atoms with E-state index in [1.54, 1.807) is 30.3 Å². The summed E-state index contributed by atoms with van der Waals surface area (Å²) in [7, 11) is 1.89. The predicted molar refractivity (Wildman–Crippen MR) is 159 cm³/mol. The Hall–Kier alpha value is -5.11. The van der Waals surface area contributed by atoms with Gasteiger partial charge in [-0.05, 0) is 54.4 Å². The predicted octanol–water partition coefficient (Wildman–Crippen LogP) is 5.99. The highest BCUT2D eigenvalue weighted by Crippen LogP contribution is 2.24. The number of carboxylic acid groups (broad SMARTS) is 1. The van der Waals surface area contributed by atoms with Gasteiger partial charge in [-0.1, -0.05) is 60.7 Å². The zero-order chi connectivity index (χ0) is 28.8. The summed E-state index contributed by atoms with van der Waals surface area (Å²) in [6.45, 7) is 2.87. The fraction of sp³-hybridized carbons (Fsp3) is 0.182. The molecule has 1 atom stereocenters. The van der Waals surface area contributed by atoms with Crippen molar-refractivity contribution >= 4 is 34.6 Å². The van der Waals surface area contributed by atoms with Gasteiger partial charge in [0.15, 0.2) is 11.4 Å². The number of aryl methyl sites for hydroxylation is 1. The van der Waals surface area contributed by atoms with Crippen LogP contribution in [0.4, 0.5) is 11.7 Å². The van der Waals surface area contributed by atoms with Crippen LogP contribution in [0.3, 0.4) is 0 Å². The molecule has 0 saturated heterocycles. The van der Waals surface area contributed by atoms with Gasteiger partial charge in [-0.25, -0.2) is 4.79 Å². The van der Waals surface area contributed by atoms with Crippen LogP contribution in [0.15, 0.2) is 101 Å². The zero-order valence-electron chi connectivity index (χ0n) is 22.9. The highest BCUT2D eigenvalue weighted by atomic mass is 16.5. The third-order valence-electron chi connectivity index (χ3n) is 6.86. The maximum atomic E-state index is 13.3. The molecule has 1 unspecified atom stereocenters. The van der Waals surface area contributed by atoms with Gasteiger partial charge in [0.25, 0.3) is 6.01 Å². The normalized spacial score (nSPS) is 11.7. The number of carboxylic acids is 1. The molecule has 0 aliphatic heterocycles. The number of benzene rings is 4. The molecule has 4 aromatic carbocycles. The first-order chi connectivity index (χ1) is 19.9. The van der Waals surface area contributed by atoms with Crippen LogP contribution in [0.1, 0.15) is 27.0 Å². The molecule has 0 bridgehead atoms. The highest BCUT2D eigenvalue weighted by Gasteiger charge is 2.22. The second kappa shape index (κ2) is 12.4. The second-order valence-electron chi connectivity index (χ2n) is 9.81. The van der Waals surface area contributed by atoms with Gasteiger partial charge in [-0.2, -0.15) is 4.98 Å². The number of ether oxygens (including phenoxy) is 1. The lowest BCUT2D eigenvalue weighted by atomic mass is 9.97. The first-order valence-corrected chi connectivity index (χ1v) is 13.4. The molecule has 5 aromatic rings. The summed E-state index contributed by atoms with van der Waals surface area (Å²) in [6.07, 6.45) is 0.225. The lowest BCUT2D eigenvalue weighted by molar-refractivity contribution is -0.137. The Morgan fingerprint density at radius 3 is 2.34 bits per heavy atom. The molecule has 0 radical (unpaired) electrons. The van der Waals surface area contributed by atoms with Crippen LogP contribution in [-0.4, -0.2) is 48.1 Å². The van der Waals surface area contributed by atoms with Gasteiger partial charge in [0.05, 0.1) is 6.54 Å². The topological polar surface area (TPSA) is 105 Å². The first-order valence-electron chi connectivity index (χ1n) is 13.4. The molecule has 1 aromatic heterocycles. The Bertz CT molecular complexity index is 1630. The molecule has 5 rings (SSSR count). The number of aromatic nitrogens is 1. The van der Waals surface area contributed by atoms with E-state index in [1.165, 1.54) is 0 Å². The molecule has 1 heterocycles. The number of carbonyl (C=O) groups excluding carboxylic acids is 1. The minimum atomic E-state index is -1.01. The maximum absolute atomic E-state index is 13.3. The van der Waals surface area contributed by atoms with E-state index in [-0.39, 0.29) is 12.2 Å². The van der Waals surface area contributed by atoms with E-state index in [0.29, 0.717) is 41.7 Å². The van der Waals surface area contributed by atoms with Crippen LogP contribution in [-0.2, 0) is 11.2 Å². The molecule has 8 heteroatoms. The Morgan fingerprint density at radius 1 is 0.927 bits per heavy atom. The summed E-state index contributed by atoms with van der Waals surface area (Å²) >= 11 is 0. The van der Waals surface area contributed by atoms with Crippen LogP contribution < -0.4 is 15.0 Å². The van der Waals surface area contributed by atoms with Crippen molar-refractivity contribution in [1.82, 2.24) is 4.98 Å². The number of aliphatic carboxylic acids is 1. The summed E-state index contributed by atoms with van der Waals surface area (Å²) in [5.41, 5.74) is 4.73. The third-order valence-corrected chi connectivity index (χ3v) is 6.86. The molecule has 0 aliphatic rings. The molecule has 0 saturated carbocycles. The SMILES string of the molecule is Cc1ccccc1C(=O)c1ccccc1NC(Cc1ccc(OCCN(C)c2nc3ccccc3o2)cc1)C(=O)O. The van der Waals surface area contributed by atoms with Gasteiger partial charge in [0.1, 0.15) is 23.9 Å². The number of nitrogens with one attached hydrogen (secondary N) is 1. The van der Waals surface area contributed by atoms with Crippen molar-refractivity contribution in [2.24, 2.45) is 0 Å². The Morgan fingerprint density at radius 2 is 1.61 bits per heavy atom. The number of likely N-dealkylation sites (N-methyl/N-ethyl adjacent to an activating group) is 1. The van der Waals surface area contributed by atoms with Crippen molar-refractivity contribution in [3.63, 3.8) is 0 Å². The number of rotatable bonds is 12. The lowest BCUT2D eigenvalue weighted by Crippen LogP contribution is -2.32. The van der Waals surface area contributed by atoms with Gasteiger partial charge in [0.2, 0.25) is 0 Å². The van der Waals surface area contributed by atoms with Gasteiger partial charge in [-0.15, -0.1) is 0 Å². The average molecular weight is 550 g/mol. The number of oxazole rings is 1. The molecular formula is C33H31N3O5. The fourth-order valence-electron chi connectivity index (χ4n) is 4.54. The zero-order valence-corrected chi connectivity index (χ0v) is 22.9. The van der Waals surface area contributed by atoms with E-state index < -0.39 is 12.0 Å². The number of hydrogen-bond donors (Lipinski definition) is 2. The molecule has 0 fully saturated rings. The van der Waals surface area contributed by atoms with E-state index in [4.69, 9.17) is 9.15 Å².